The summed E-state index contributed by atoms with van der Waals surface area (Å²) in [6.45, 7) is 0. The second-order valence-corrected chi connectivity index (χ2v) is 4.92. The van der Waals surface area contributed by atoms with Gasteiger partial charge < -0.3 is 10.6 Å². The number of nitrogens with zero attached hydrogens (tertiary/aromatic N) is 1. The van der Waals surface area contributed by atoms with Crippen LogP contribution in [0.1, 0.15) is 11.6 Å². The van der Waals surface area contributed by atoms with Gasteiger partial charge in [-0.1, -0.05) is 28.1 Å². The first-order valence-corrected chi connectivity index (χ1v) is 6.08. The van der Waals surface area contributed by atoms with E-state index in [9.17, 15) is 4.79 Å². The van der Waals surface area contributed by atoms with E-state index in [1.807, 2.05) is 30.3 Å². The predicted molar refractivity (Wildman–Crippen MR) is 69.9 cm³/mol. The number of hydrogen-bond acceptors (Lipinski definition) is 3. The topological polar surface area (TPSA) is 64.9 Å². The fourth-order valence-electron chi connectivity index (χ4n) is 1.68. The lowest BCUT2D eigenvalue weighted by molar-refractivity contribution is -0.123. The van der Waals surface area contributed by atoms with Crippen LogP contribution < -0.4 is 10.6 Å². The Morgan fingerprint density at radius 3 is 2.59 bits per heavy atom. The quantitative estimate of drug-likeness (QED) is 0.774. The van der Waals surface area contributed by atoms with E-state index >= 15 is 0 Å². The largest absolute Gasteiger partial charge is 0.354 e. The lowest BCUT2D eigenvalue weighted by atomic mass is 9.92. The van der Waals surface area contributed by atoms with Crippen LogP contribution in [-0.2, 0) is 4.79 Å². The Morgan fingerprint density at radius 2 is 2.00 bits per heavy atom. The van der Waals surface area contributed by atoms with Crippen LogP contribution in [-0.4, -0.2) is 11.0 Å². The second-order valence-electron chi connectivity index (χ2n) is 3.60. The van der Waals surface area contributed by atoms with Gasteiger partial charge in [-0.15, -0.1) is 0 Å². The van der Waals surface area contributed by atoms with Crippen molar-refractivity contribution in [2.24, 2.45) is 5.92 Å². The number of amides is 1. The molecule has 0 aliphatic carbocycles. The van der Waals surface area contributed by atoms with Gasteiger partial charge in [-0.05, 0) is 29.9 Å². The molecule has 1 aromatic rings. The number of halogens is 1. The molecule has 2 atom stereocenters. The molecule has 1 saturated heterocycles. The molecular weight excluding hydrogens is 302 g/mol. The molecule has 6 heteroatoms. The Morgan fingerprint density at radius 1 is 1.35 bits per heavy atom. The highest BCUT2D eigenvalue weighted by Gasteiger charge is 2.34. The average molecular weight is 310 g/mol. The molecule has 0 spiro atoms. The highest BCUT2D eigenvalue weighted by molar-refractivity contribution is 9.10. The van der Waals surface area contributed by atoms with Crippen LogP contribution in [0.5, 0.6) is 0 Å². The average Bonchev–Trinajstić information content (AvgIpc) is 2.29. The maximum absolute atomic E-state index is 11.6. The summed E-state index contributed by atoms with van der Waals surface area (Å²) in [5.41, 5.74) is 0.858. The van der Waals surface area contributed by atoms with E-state index in [2.05, 4.69) is 26.6 Å². The molecule has 17 heavy (non-hydrogen) atoms. The van der Waals surface area contributed by atoms with Crippen molar-refractivity contribution in [2.45, 2.75) is 6.04 Å². The summed E-state index contributed by atoms with van der Waals surface area (Å²) in [6.07, 6.45) is 0. The van der Waals surface area contributed by atoms with Crippen LogP contribution in [0.15, 0.2) is 28.7 Å². The standard InChI is InChI=1S/C11H8BrN3OS/c12-7-3-1-6(2-4-7)9-8(5-13)10(16)15-11(17)14-9/h1-4,8-9H,(H2,14,15,16,17). The molecule has 1 amide bonds. The molecule has 0 saturated carbocycles. The Labute approximate surface area is 112 Å². The van der Waals surface area contributed by atoms with Crippen LogP contribution in [0.25, 0.3) is 0 Å². The van der Waals surface area contributed by atoms with E-state index in [1.54, 1.807) is 0 Å². The summed E-state index contributed by atoms with van der Waals surface area (Å²) in [7, 11) is 0. The van der Waals surface area contributed by atoms with E-state index < -0.39 is 12.0 Å². The molecule has 0 radical (unpaired) electrons. The normalized spacial score (nSPS) is 23.5. The van der Waals surface area contributed by atoms with E-state index in [0.717, 1.165) is 10.0 Å². The third-order valence-corrected chi connectivity index (χ3v) is 3.26. The van der Waals surface area contributed by atoms with Crippen LogP contribution >= 0.6 is 28.1 Å². The summed E-state index contributed by atoms with van der Waals surface area (Å²) >= 11 is 8.26. The zero-order valence-electron chi connectivity index (χ0n) is 8.61. The van der Waals surface area contributed by atoms with Crippen molar-refractivity contribution in [3.63, 3.8) is 0 Å². The summed E-state index contributed by atoms with van der Waals surface area (Å²) in [6, 6.07) is 9.03. The number of rotatable bonds is 1. The minimum absolute atomic E-state index is 0.259. The summed E-state index contributed by atoms with van der Waals surface area (Å²) in [5, 5.41) is 14.7. The number of nitriles is 1. The Kier molecular flexibility index (Phi) is 3.41. The Balaban J connectivity index is 2.34. The molecule has 1 aliphatic rings. The van der Waals surface area contributed by atoms with Gasteiger partial charge in [0, 0.05) is 4.47 Å². The van der Waals surface area contributed by atoms with E-state index in [-0.39, 0.29) is 11.0 Å². The SMILES string of the molecule is N#CC1C(=O)NC(=S)NC1c1ccc(Br)cc1. The predicted octanol–water partition coefficient (Wildman–Crippen LogP) is 1.63. The minimum atomic E-state index is -0.775. The van der Waals surface area contributed by atoms with Crippen LogP contribution in [0.3, 0.4) is 0 Å². The molecular formula is C11H8BrN3OS. The van der Waals surface area contributed by atoms with Gasteiger partial charge in [0.15, 0.2) is 5.11 Å². The maximum atomic E-state index is 11.6. The van der Waals surface area contributed by atoms with Gasteiger partial charge in [0.1, 0.15) is 5.92 Å². The van der Waals surface area contributed by atoms with Gasteiger partial charge >= 0.3 is 0 Å². The number of carbonyl (C=O) groups is 1. The smallest absolute Gasteiger partial charge is 0.245 e. The molecule has 2 unspecified atom stereocenters. The summed E-state index contributed by atoms with van der Waals surface area (Å²) in [5.74, 6) is -1.13. The van der Waals surface area contributed by atoms with Crippen LogP contribution in [0.2, 0.25) is 0 Å². The zero-order valence-corrected chi connectivity index (χ0v) is 11.0. The molecule has 1 heterocycles. The van der Waals surface area contributed by atoms with Crippen molar-refractivity contribution >= 4 is 39.2 Å². The molecule has 2 rings (SSSR count). The molecule has 2 N–H and O–H groups in total. The first-order valence-electron chi connectivity index (χ1n) is 4.88. The Hall–Kier alpha value is -1.45. The van der Waals surface area contributed by atoms with Crippen molar-refractivity contribution in [3.8, 4) is 6.07 Å². The van der Waals surface area contributed by atoms with Gasteiger partial charge in [0.05, 0.1) is 12.1 Å². The first-order chi connectivity index (χ1) is 8.11. The second kappa shape index (κ2) is 4.82. The van der Waals surface area contributed by atoms with Crippen molar-refractivity contribution in [1.29, 1.82) is 5.26 Å². The molecule has 86 valence electrons. The van der Waals surface area contributed by atoms with E-state index in [4.69, 9.17) is 17.5 Å². The van der Waals surface area contributed by atoms with E-state index in [0.29, 0.717) is 0 Å². The fourth-order valence-corrected chi connectivity index (χ4v) is 2.17. The van der Waals surface area contributed by atoms with Gasteiger partial charge in [-0.2, -0.15) is 5.26 Å². The number of nitrogens with one attached hydrogen (secondary N) is 2. The van der Waals surface area contributed by atoms with Crippen molar-refractivity contribution in [2.75, 3.05) is 0 Å². The number of thiocarbonyl (C=S) groups is 1. The minimum Gasteiger partial charge on any atom is -0.354 e. The third kappa shape index (κ3) is 2.46. The summed E-state index contributed by atoms with van der Waals surface area (Å²) < 4.78 is 0.942. The maximum Gasteiger partial charge on any atom is 0.245 e. The van der Waals surface area contributed by atoms with Crippen molar-refractivity contribution in [1.82, 2.24) is 10.6 Å². The van der Waals surface area contributed by atoms with Gasteiger partial charge in [0.2, 0.25) is 5.91 Å². The monoisotopic (exact) mass is 309 g/mol. The molecule has 1 aliphatic heterocycles. The number of hydrogen-bond donors (Lipinski definition) is 2. The third-order valence-electron chi connectivity index (χ3n) is 2.51. The van der Waals surface area contributed by atoms with Gasteiger partial charge in [0.25, 0.3) is 0 Å². The highest BCUT2D eigenvalue weighted by atomic mass is 79.9. The molecule has 1 fully saturated rings. The van der Waals surface area contributed by atoms with E-state index in [1.165, 1.54) is 0 Å². The number of benzene rings is 1. The highest BCUT2D eigenvalue weighted by Crippen LogP contribution is 2.25. The molecule has 0 aromatic heterocycles. The molecule has 1 aromatic carbocycles. The summed E-state index contributed by atoms with van der Waals surface area (Å²) in [4.78, 5) is 11.6. The van der Waals surface area contributed by atoms with Gasteiger partial charge in [-0.3, -0.25) is 4.79 Å². The van der Waals surface area contributed by atoms with Gasteiger partial charge in [-0.25, -0.2) is 0 Å². The van der Waals surface area contributed by atoms with Crippen molar-refractivity contribution in [3.05, 3.63) is 34.3 Å². The zero-order chi connectivity index (χ0) is 12.4. The van der Waals surface area contributed by atoms with Crippen LogP contribution in [0.4, 0.5) is 0 Å². The molecule has 4 nitrogen and oxygen atoms in total. The lowest BCUT2D eigenvalue weighted by Crippen LogP contribution is -2.53. The fraction of sp³-hybridized carbons (Fsp3) is 0.182. The molecule has 0 bridgehead atoms. The Bertz CT molecular complexity index is 508. The van der Waals surface area contributed by atoms with Crippen molar-refractivity contribution < 1.29 is 4.79 Å². The first kappa shape index (κ1) is 12.0. The lowest BCUT2D eigenvalue weighted by Gasteiger charge is -2.29. The number of carbonyl (C=O) groups excluding carboxylic acids is 1. The van der Waals surface area contributed by atoms with Crippen LogP contribution in [0, 0.1) is 17.2 Å².